The third-order valence-electron chi connectivity index (χ3n) is 4.78. The Morgan fingerprint density at radius 1 is 1.28 bits per heavy atom. The van der Waals surface area contributed by atoms with Gasteiger partial charge in [0.25, 0.3) is 0 Å². The van der Waals surface area contributed by atoms with E-state index in [1.54, 1.807) is 0 Å². The van der Waals surface area contributed by atoms with Gasteiger partial charge in [-0.2, -0.15) is 0 Å². The topological polar surface area (TPSA) is 42.1 Å². The predicted octanol–water partition coefficient (Wildman–Crippen LogP) is 3.38. The molecule has 1 aromatic rings. The lowest BCUT2D eigenvalue weighted by Gasteiger charge is -2.41. The first-order valence-corrected chi connectivity index (χ1v) is 7.07. The van der Waals surface area contributed by atoms with Crippen molar-refractivity contribution < 1.29 is 0 Å². The molecule has 0 saturated carbocycles. The fraction of sp³-hybridized carbons (Fsp3) is 0.667. The number of anilines is 2. The molecule has 1 aliphatic rings. The van der Waals surface area contributed by atoms with Crippen LogP contribution in [0.4, 0.5) is 11.5 Å². The molecule has 100 valence electrons. The quantitative estimate of drug-likeness (QED) is 0.890. The van der Waals surface area contributed by atoms with E-state index in [-0.39, 0.29) is 0 Å². The van der Waals surface area contributed by atoms with E-state index in [1.807, 2.05) is 19.2 Å². The lowest BCUT2D eigenvalue weighted by Crippen LogP contribution is -2.40. The molecule has 2 N–H and O–H groups in total. The summed E-state index contributed by atoms with van der Waals surface area (Å²) in [7, 11) is 0. The number of aryl methyl sites for hydroxylation is 1. The van der Waals surface area contributed by atoms with Gasteiger partial charge in [0.2, 0.25) is 0 Å². The van der Waals surface area contributed by atoms with Crippen LogP contribution in [0.15, 0.2) is 12.3 Å². The third kappa shape index (κ3) is 2.45. The minimum absolute atomic E-state index is 0.562. The van der Waals surface area contributed by atoms with Crippen molar-refractivity contribution in [2.24, 2.45) is 5.41 Å². The molecule has 2 rings (SSSR count). The van der Waals surface area contributed by atoms with Crippen LogP contribution in [0.5, 0.6) is 0 Å². The smallest absolute Gasteiger partial charge is 0.130 e. The number of aromatic nitrogens is 1. The van der Waals surface area contributed by atoms with Gasteiger partial charge in [-0.25, -0.2) is 4.98 Å². The second-order valence-electron chi connectivity index (χ2n) is 5.59. The minimum atomic E-state index is 0.562. The van der Waals surface area contributed by atoms with E-state index >= 15 is 0 Å². The summed E-state index contributed by atoms with van der Waals surface area (Å²) in [6.45, 7) is 8.86. The Morgan fingerprint density at radius 3 is 2.39 bits per heavy atom. The van der Waals surface area contributed by atoms with Gasteiger partial charge in [0.15, 0.2) is 0 Å². The maximum Gasteiger partial charge on any atom is 0.130 e. The van der Waals surface area contributed by atoms with Crippen LogP contribution in [0, 0.1) is 12.3 Å². The Balaban J connectivity index is 2.07. The highest BCUT2D eigenvalue weighted by atomic mass is 15.2. The Labute approximate surface area is 110 Å². The Kier molecular flexibility index (Phi) is 3.79. The van der Waals surface area contributed by atoms with Gasteiger partial charge in [-0.3, -0.25) is 0 Å². The van der Waals surface area contributed by atoms with Crippen molar-refractivity contribution in [2.45, 2.75) is 46.5 Å². The van der Waals surface area contributed by atoms with E-state index in [2.05, 4.69) is 23.7 Å². The first-order valence-electron chi connectivity index (χ1n) is 7.07. The zero-order chi connectivity index (χ0) is 13.2. The molecule has 1 aromatic heterocycles. The van der Waals surface area contributed by atoms with Crippen LogP contribution < -0.4 is 10.6 Å². The van der Waals surface area contributed by atoms with Crippen molar-refractivity contribution in [1.82, 2.24) is 4.98 Å². The van der Waals surface area contributed by atoms with Crippen molar-refractivity contribution in [3.63, 3.8) is 0 Å². The molecule has 0 unspecified atom stereocenters. The number of hydrogen-bond acceptors (Lipinski definition) is 3. The number of nitrogen functional groups attached to an aromatic ring is 1. The molecule has 0 spiro atoms. The normalized spacial score (nSPS) is 18.9. The SMILES string of the molecule is CCC1(CC)CCN(c2cc(N)c(C)cn2)CC1. The van der Waals surface area contributed by atoms with E-state index in [0.717, 1.165) is 30.2 Å². The number of nitrogens with two attached hydrogens (primary N) is 1. The van der Waals surface area contributed by atoms with E-state index in [0.29, 0.717) is 5.41 Å². The Bertz CT molecular complexity index is 400. The molecule has 0 radical (unpaired) electrons. The van der Waals surface area contributed by atoms with Crippen molar-refractivity contribution in [2.75, 3.05) is 23.7 Å². The number of hydrogen-bond donors (Lipinski definition) is 1. The number of piperidine rings is 1. The Morgan fingerprint density at radius 2 is 1.89 bits per heavy atom. The summed E-state index contributed by atoms with van der Waals surface area (Å²) in [4.78, 5) is 6.88. The van der Waals surface area contributed by atoms with Gasteiger partial charge >= 0.3 is 0 Å². The molecule has 1 fully saturated rings. The lowest BCUT2D eigenvalue weighted by atomic mass is 9.74. The summed E-state index contributed by atoms with van der Waals surface area (Å²) in [5.74, 6) is 1.04. The van der Waals surface area contributed by atoms with Crippen molar-refractivity contribution in [1.29, 1.82) is 0 Å². The summed E-state index contributed by atoms with van der Waals surface area (Å²) in [6.07, 6.45) is 7.01. The number of nitrogens with zero attached hydrogens (tertiary/aromatic N) is 2. The zero-order valence-electron chi connectivity index (χ0n) is 11.9. The largest absolute Gasteiger partial charge is 0.398 e. The zero-order valence-corrected chi connectivity index (χ0v) is 11.9. The van der Waals surface area contributed by atoms with Crippen LogP contribution in [0.2, 0.25) is 0 Å². The minimum Gasteiger partial charge on any atom is -0.398 e. The van der Waals surface area contributed by atoms with Crippen molar-refractivity contribution in [3.8, 4) is 0 Å². The third-order valence-corrected chi connectivity index (χ3v) is 4.78. The van der Waals surface area contributed by atoms with Gasteiger partial charge in [-0.05, 0) is 30.7 Å². The molecule has 3 heteroatoms. The highest BCUT2D eigenvalue weighted by Crippen LogP contribution is 2.38. The van der Waals surface area contributed by atoms with E-state index in [4.69, 9.17) is 5.73 Å². The average Bonchev–Trinajstić information content (AvgIpc) is 2.42. The number of pyridine rings is 1. The van der Waals surface area contributed by atoms with Gasteiger partial charge in [0.05, 0.1) is 0 Å². The molecule has 0 aliphatic carbocycles. The van der Waals surface area contributed by atoms with Crippen LogP contribution in [-0.2, 0) is 0 Å². The van der Waals surface area contributed by atoms with E-state index in [9.17, 15) is 0 Å². The van der Waals surface area contributed by atoms with Gasteiger partial charge in [0, 0.05) is 31.0 Å². The van der Waals surface area contributed by atoms with Gasteiger partial charge < -0.3 is 10.6 Å². The average molecular weight is 247 g/mol. The summed E-state index contributed by atoms with van der Waals surface area (Å²) < 4.78 is 0. The van der Waals surface area contributed by atoms with Gasteiger partial charge in [0.1, 0.15) is 5.82 Å². The van der Waals surface area contributed by atoms with Crippen LogP contribution in [0.3, 0.4) is 0 Å². The van der Waals surface area contributed by atoms with Gasteiger partial charge in [-0.15, -0.1) is 0 Å². The second-order valence-corrected chi connectivity index (χ2v) is 5.59. The maximum atomic E-state index is 5.97. The highest BCUT2D eigenvalue weighted by Gasteiger charge is 2.31. The lowest BCUT2D eigenvalue weighted by molar-refractivity contribution is 0.199. The molecule has 2 heterocycles. The first-order chi connectivity index (χ1) is 8.60. The maximum absolute atomic E-state index is 5.97. The standard InChI is InChI=1S/C15H25N3/c1-4-15(5-2)6-8-18(9-7-15)14-10-13(16)12(3)11-17-14/h10-11H,4-9H2,1-3H3,(H2,16,17). The fourth-order valence-corrected chi connectivity index (χ4v) is 2.87. The molecule has 0 bridgehead atoms. The predicted molar refractivity (Wildman–Crippen MR) is 77.8 cm³/mol. The molecule has 1 saturated heterocycles. The molecule has 1 aliphatic heterocycles. The molecule has 3 nitrogen and oxygen atoms in total. The van der Waals surface area contributed by atoms with Crippen LogP contribution >= 0.6 is 0 Å². The molecular formula is C15H25N3. The summed E-state index contributed by atoms with van der Waals surface area (Å²) in [6, 6.07) is 2.01. The fourth-order valence-electron chi connectivity index (χ4n) is 2.87. The monoisotopic (exact) mass is 247 g/mol. The summed E-state index contributed by atoms with van der Waals surface area (Å²) >= 11 is 0. The molecular weight excluding hydrogens is 222 g/mol. The summed E-state index contributed by atoms with van der Waals surface area (Å²) in [5.41, 5.74) is 8.44. The van der Waals surface area contributed by atoms with Crippen LogP contribution in [-0.4, -0.2) is 18.1 Å². The van der Waals surface area contributed by atoms with Gasteiger partial charge in [-0.1, -0.05) is 26.7 Å². The Hall–Kier alpha value is -1.25. The molecule has 0 atom stereocenters. The second kappa shape index (κ2) is 5.17. The highest BCUT2D eigenvalue weighted by molar-refractivity contribution is 5.54. The van der Waals surface area contributed by atoms with Crippen molar-refractivity contribution >= 4 is 11.5 Å². The molecule has 0 amide bonds. The summed E-state index contributed by atoms with van der Waals surface area (Å²) in [5, 5.41) is 0. The van der Waals surface area contributed by atoms with E-state index in [1.165, 1.54) is 25.7 Å². The van der Waals surface area contributed by atoms with Crippen LogP contribution in [0.1, 0.15) is 45.1 Å². The first kappa shape index (κ1) is 13.2. The molecule has 18 heavy (non-hydrogen) atoms. The van der Waals surface area contributed by atoms with E-state index < -0.39 is 0 Å². The van der Waals surface area contributed by atoms with Crippen LogP contribution in [0.25, 0.3) is 0 Å². The van der Waals surface area contributed by atoms with Crippen molar-refractivity contribution in [3.05, 3.63) is 17.8 Å². The number of rotatable bonds is 3. The molecule has 0 aromatic carbocycles.